The second-order valence-electron chi connectivity index (χ2n) is 5.66. The smallest absolute Gasteiger partial charge is 0.323 e. The molecule has 6 nitrogen and oxygen atoms in total. The minimum atomic E-state index is -1.15. The van der Waals surface area contributed by atoms with E-state index >= 15 is 0 Å². The van der Waals surface area contributed by atoms with Crippen LogP contribution in [0, 0.1) is 0 Å². The summed E-state index contributed by atoms with van der Waals surface area (Å²) < 4.78 is 5.90. The molecular formula is C19H15NO5S2. The number of amides is 1. The van der Waals surface area contributed by atoms with E-state index in [1.54, 1.807) is 12.1 Å². The molecule has 0 saturated carbocycles. The predicted octanol–water partition coefficient (Wildman–Crippen LogP) is 3.26. The Kier molecular flexibility index (Phi) is 5.78. The summed E-state index contributed by atoms with van der Waals surface area (Å²) in [7, 11) is 0. The Morgan fingerprint density at radius 3 is 2.67 bits per heavy atom. The molecule has 1 heterocycles. The molecule has 0 atom stereocenters. The molecule has 0 aliphatic carbocycles. The minimum absolute atomic E-state index is 0.0226. The molecule has 2 aromatic rings. The van der Waals surface area contributed by atoms with Crippen LogP contribution in [0.1, 0.15) is 11.1 Å². The van der Waals surface area contributed by atoms with Gasteiger partial charge in [-0.25, -0.2) is 0 Å². The highest BCUT2D eigenvalue weighted by Gasteiger charge is 2.33. The van der Waals surface area contributed by atoms with Crippen LogP contribution in [-0.4, -0.2) is 37.9 Å². The van der Waals surface area contributed by atoms with E-state index in [2.05, 4.69) is 0 Å². The van der Waals surface area contributed by atoms with E-state index in [1.165, 1.54) is 12.1 Å². The summed E-state index contributed by atoms with van der Waals surface area (Å²) in [5.41, 5.74) is 1.39. The van der Waals surface area contributed by atoms with Gasteiger partial charge in [-0.1, -0.05) is 54.3 Å². The summed E-state index contributed by atoms with van der Waals surface area (Å²) >= 11 is 6.06. The van der Waals surface area contributed by atoms with Crippen LogP contribution in [0.4, 0.5) is 0 Å². The van der Waals surface area contributed by atoms with Gasteiger partial charge in [0.05, 0.1) is 4.91 Å². The summed E-state index contributed by atoms with van der Waals surface area (Å²) in [6.07, 6.45) is 1.48. The maximum atomic E-state index is 12.3. The monoisotopic (exact) mass is 401 g/mol. The van der Waals surface area contributed by atoms with Gasteiger partial charge in [-0.3, -0.25) is 14.5 Å². The molecule has 1 aliphatic heterocycles. The van der Waals surface area contributed by atoms with Crippen molar-refractivity contribution in [1.29, 1.82) is 0 Å². The third kappa shape index (κ3) is 4.66. The van der Waals surface area contributed by atoms with Crippen LogP contribution in [0.15, 0.2) is 53.4 Å². The number of benzene rings is 2. The van der Waals surface area contributed by atoms with Gasteiger partial charge in [-0.05, 0) is 29.8 Å². The summed E-state index contributed by atoms with van der Waals surface area (Å²) in [6, 6.07) is 14.4. The number of carboxylic acid groups (broad SMARTS) is 1. The molecule has 0 aromatic heterocycles. The Hall–Kier alpha value is -2.84. The second kappa shape index (κ2) is 8.24. The summed E-state index contributed by atoms with van der Waals surface area (Å²) in [6.45, 7) is -0.125. The van der Waals surface area contributed by atoms with E-state index in [9.17, 15) is 14.7 Å². The zero-order chi connectivity index (χ0) is 19.4. The van der Waals surface area contributed by atoms with Crippen molar-refractivity contribution in [3.8, 4) is 11.5 Å². The molecule has 1 saturated heterocycles. The fraction of sp³-hybridized carbons (Fsp3) is 0.105. The van der Waals surface area contributed by atoms with Crippen molar-refractivity contribution in [1.82, 2.24) is 4.90 Å². The quantitative estimate of drug-likeness (QED) is 0.567. The third-order valence-corrected chi connectivity index (χ3v) is 5.08. The van der Waals surface area contributed by atoms with Crippen molar-refractivity contribution < 1.29 is 24.5 Å². The van der Waals surface area contributed by atoms with Gasteiger partial charge >= 0.3 is 5.97 Å². The maximum Gasteiger partial charge on any atom is 0.323 e. The Morgan fingerprint density at radius 1 is 1.22 bits per heavy atom. The molecule has 8 heteroatoms. The molecule has 2 N–H and O–H groups in total. The molecule has 0 spiro atoms. The van der Waals surface area contributed by atoms with Crippen molar-refractivity contribution in [3.63, 3.8) is 0 Å². The Balaban J connectivity index is 1.78. The highest BCUT2D eigenvalue weighted by Crippen LogP contribution is 2.35. The summed E-state index contributed by atoms with van der Waals surface area (Å²) in [4.78, 5) is 24.5. The number of hydrogen-bond acceptors (Lipinski definition) is 6. The van der Waals surface area contributed by atoms with Gasteiger partial charge < -0.3 is 14.9 Å². The van der Waals surface area contributed by atoms with Crippen LogP contribution in [0.2, 0.25) is 0 Å². The Bertz CT molecular complexity index is 927. The lowest BCUT2D eigenvalue weighted by atomic mass is 10.1. The van der Waals surface area contributed by atoms with Gasteiger partial charge in [0.25, 0.3) is 5.91 Å². The summed E-state index contributed by atoms with van der Waals surface area (Å²) in [5, 5.41) is 19.0. The van der Waals surface area contributed by atoms with Crippen LogP contribution in [0.3, 0.4) is 0 Å². The highest BCUT2D eigenvalue weighted by atomic mass is 32.2. The van der Waals surface area contributed by atoms with E-state index in [-0.39, 0.29) is 15.0 Å². The topological polar surface area (TPSA) is 87.1 Å². The molecule has 0 radical (unpaired) electrons. The number of phenols is 1. The number of hydrogen-bond donors (Lipinski definition) is 2. The lowest BCUT2D eigenvalue weighted by Crippen LogP contribution is -2.33. The number of nitrogens with zero attached hydrogens (tertiary/aromatic N) is 1. The van der Waals surface area contributed by atoms with Gasteiger partial charge in [0.15, 0.2) is 0 Å². The lowest BCUT2D eigenvalue weighted by Gasteiger charge is -2.10. The highest BCUT2D eigenvalue weighted by molar-refractivity contribution is 8.26. The normalized spacial score (nSPS) is 15.4. The molecule has 0 bridgehead atoms. The van der Waals surface area contributed by atoms with Crippen LogP contribution in [0.5, 0.6) is 11.5 Å². The molecule has 1 amide bonds. The van der Waals surface area contributed by atoms with Crippen LogP contribution in [-0.2, 0) is 16.2 Å². The van der Waals surface area contributed by atoms with Gasteiger partial charge in [0, 0.05) is 5.56 Å². The van der Waals surface area contributed by atoms with Crippen molar-refractivity contribution in [2.75, 3.05) is 6.54 Å². The van der Waals surface area contributed by atoms with Gasteiger partial charge in [-0.15, -0.1) is 0 Å². The number of aromatic hydroxyl groups is 1. The summed E-state index contributed by atoms with van der Waals surface area (Å²) in [5.74, 6) is -1.14. The molecule has 1 fully saturated rings. The maximum absolute atomic E-state index is 12.3. The first-order valence-electron chi connectivity index (χ1n) is 7.91. The lowest BCUT2D eigenvalue weighted by molar-refractivity contribution is -0.140. The van der Waals surface area contributed by atoms with E-state index in [4.69, 9.17) is 22.1 Å². The molecule has 27 heavy (non-hydrogen) atoms. The van der Waals surface area contributed by atoms with Crippen molar-refractivity contribution in [2.45, 2.75) is 6.61 Å². The Labute approximate surface area is 165 Å². The average Bonchev–Trinajstić information content (AvgIpc) is 2.90. The SMILES string of the molecule is O=C(O)CN1C(=O)C(=Cc2cc(OCc3ccccc3)ccc2O)SC1=S. The molecular weight excluding hydrogens is 386 g/mol. The number of thiocarbonyl (C=S) groups is 1. The first kappa shape index (κ1) is 18.9. The van der Waals surface area contributed by atoms with Crippen LogP contribution >= 0.6 is 24.0 Å². The average molecular weight is 401 g/mol. The Morgan fingerprint density at radius 2 is 1.96 bits per heavy atom. The number of aliphatic carboxylic acids is 1. The fourth-order valence-electron chi connectivity index (χ4n) is 2.39. The van der Waals surface area contributed by atoms with Crippen molar-refractivity contribution in [3.05, 3.63) is 64.6 Å². The van der Waals surface area contributed by atoms with E-state index in [1.807, 2.05) is 30.3 Å². The van der Waals surface area contributed by atoms with Crippen molar-refractivity contribution in [2.24, 2.45) is 0 Å². The zero-order valence-corrected chi connectivity index (χ0v) is 15.6. The molecule has 2 aromatic carbocycles. The van der Waals surface area contributed by atoms with E-state index in [0.717, 1.165) is 22.2 Å². The number of carboxylic acids is 1. The number of thioether (sulfide) groups is 1. The molecule has 1 aliphatic rings. The number of rotatable bonds is 6. The molecule has 138 valence electrons. The largest absolute Gasteiger partial charge is 0.507 e. The molecule has 0 unspecified atom stereocenters. The third-order valence-electron chi connectivity index (χ3n) is 3.70. The van der Waals surface area contributed by atoms with Crippen LogP contribution < -0.4 is 4.74 Å². The van der Waals surface area contributed by atoms with E-state index in [0.29, 0.717) is 17.9 Å². The second-order valence-corrected chi connectivity index (χ2v) is 7.33. The number of carbonyl (C=O) groups excluding carboxylic acids is 1. The van der Waals surface area contributed by atoms with Crippen LogP contribution in [0.25, 0.3) is 6.08 Å². The van der Waals surface area contributed by atoms with Gasteiger partial charge in [0.2, 0.25) is 0 Å². The number of ether oxygens (including phenoxy) is 1. The minimum Gasteiger partial charge on any atom is -0.507 e. The van der Waals surface area contributed by atoms with E-state index < -0.39 is 18.4 Å². The standard InChI is InChI=1S/C19H15NO5S2/c21-15-7-6-14(25-11-12-4-2-1-3-5-12)8-13(15)9-16-18(24)20(10-17(22)23)19(26)27-16/h1-9,21H,10-11H2,(H,22,23). The van der Waals surface area contributed by atoms with Gasteiger partial charge in [0.1, 0.15) is 29.0 Å². The number of phenolic OH excluding ortho intramolecular Hbond substituents is 1. The first-order chi connectivity index (χ1) is 12.9. The fourth-order valence-corrected chi connectivity index (χ4v) is 3.64. The van der Waals surface area contributed by atoms with Crippen molar-refractivity contribution >= 4 is 46.3 Å². The van der Waals surface area contributed by atoms with Gasteiger partial charge in [-0.2, -0.15) is 0 Å². The zero-order valence-electron chi connectivity index (χ0n) is 14.0. The predicted molar refractivity (Wildman–Crippen MR) is 106 cm³/mol. The molecule has 3 rings (SSSR count). The number of carbonyl (C=O) groups is 2. The first-order valence-corrected chi connectivity index (χ1v) is 9.13.